The molecular weight excluding hydrogens is 612 g/mol. The third kappa shape index (κ3) is 6.87. The molecule has 0 aliphatic carbocycles. The highest BCUT2D eigenvalue weighted by atomic mass is 32.2. The van der Waals surface area contributed by atoms with Crippen molar-refractivity contribution in [3.05, 3.63) is 140 Å². The van der Waals surface area contributed by atoms with Gasteiger partial charge < -0.3 is 14.2 Å². The van der Waals surface area contributed by atoms with Gasteiger partial charge in [-0.3, -0.25) is 20.2 Å². The van der Waals surface area contributed by atoms with Crippen LogP contribution in [0.3, 0.4) is 0 Å². The van der Waals surface area contributed by atoms with E-state index in [-0.39, 0.29) is 5.75 Å². The summed E-state index contributed by atoms with van der Waals surface area (Å²) in [5.41, 5.74) is 6.34. The Morgan fingerprint density at radius 3 is 1.59 bits per heavy atom. The molecule has 5 aromatic rings. The van der Waals surface area contributed by atoms with Crippen molar-refractivity contribution < 1.29 is 22.4 Å². The van der Waals surface area contributed by atoms with Crippen LogP contribution in [0, 0.1) is 20.2 Å². The quantitative estimate of drug-likeness (QED) is 0.115. The second-order valence-electron chi connectivity index (χ2n) is 9.92. The number of aromatic nitrogens is 4. The van der Waals surface area contributed by atoms with Gasteiger partial charge in [0.1, 0.15) is 5.75 Å². The Hall–Kier alpha value is -6.41. The summed E-state index contributed by atoms with van der Waals surface area (Å²) in [6.45, 7) is 0. The fourth-order valence-electron chi connectivity index (χ4n) is 4.56. The molecule has 0 saturated carbocycles. The van der Waals surface area contributed by atoms with Crippen LogP contribution < -0.4 is 4.18 Å². The monoisotopic (exact) mass is 634 g/mol. The number of rotatable bonds is 5. The van der Waals surface area contributed by atoms with Gasteiger partial charge in [-0.15, -0.1) is 0 Å². The highest BCUT2D eigenvalue weighted by Gasteiger charge is 2.30. The van der Waals surface area contributed by atoms with Crippen molar-refractivity contribution in [2.45, 2.75) is 4.90 Å². The number of fused-ring (bicyclic) bond motifs is 8. The molecule has 7 rings (SSSR count). The lowest BCUT2D eigenvalue weighted by Crippen LogP contribution is -2.12. The predicted octanol–water partition coefficient (Wildman–Crippen LogP) is 6.93. The van der Waals surface area contributed by atoms with Crippen LogP contribution in [-0.4, -0.2) is 38.2 Å². The van der Waals surface area contributed by atoms with Gasteiger partial charge in [0.2, 0.25) is 0 Å². The number of nitrogens with one attached hydrogen (secondary N) is 2. The van der Waals surface area contributed by atoms with Gasteiger partial charge in [0.15, 0.2) is 4.90 Å². The van der Waals surface area contributed by atoms with Gasteiger partial charge in [-0.05, 0) is 91.0 Å². The maximum Gasteiger partial charge on any atom is 0.346 e. The van der Waals surface area contributed by atoms with Crippen LogP contribution in [0.15, 0.2) is 102 Å². The Labute approximate surface area is 260 Å². The zero-order valence-corrected chi connectivity index (χ0v) is 24.4. The van der Waals surface area contributed by atoms with Crippen LogP contribution in [0.4, 0.5) is 11.4 Å². The van der Waals surface area contributed by atoms with E-state index in [0.717, 1.165) is 57.0 Å². The van der Waals surface area contributed by atoms with E-state index in [4.69, 9.17) is 4.18 Å². The highest BCUT2D eigenvalue weighted by molar-refractivity contribution is 7.87. The second kappa shape index (κ2) is 12.3. The zero-order valence-electron chi connectivity index (χ0n) is 23.6. The molecule has 2 aliphatic rings. The van der Waals surface area contributed by atoms with Crippen molar-refractivity contribution >= 4 is 67.9 Å². The minimum Gasteiger partial charge on any atom is -0.379 e. The molecule has 46 heavy (non-hydrogen) atoms. The number of aromatic amines is 2. The first-order valence-corrected chi connectivity index (χ1v) is 15.0. The van der Waals surface area contributed by atoms with E-state index < -0.39 is 36.2 Å². The number of nitro groups is 2. The van der Waals surface area contributed by atoms with Crippen LogP contribution >= 0.6 is 0 Å². The summed E-state index contributed by atoms with van der Waals surface area (Å²) >= 11 is 0. The molecule has 0 atom stereocenters. The van der Waals surface area contributed by atoms with Crippen molar-refractivity contribution in [3.63, 3.8) is 0 Å². The first-order chi connectivity index (χ1) is 22.1. The molecule has 2 aliphatic heterocycles. The second-order valence-corrected chi connectivity index (χ2v) is 11.4. The fraction of sp³-hybridized carbons (Fsp3) is 0. The van der Waals surface area contributed by atoms with Gasteiger partial charge >= 0.3 is 10.1 Å². The van der Waals surface area contributed by atoms with Gasteiger partial charge in [0, 0.05) is 28.1 Å². The fourth-order valence-corrected chi connectivity index (χ4v) is 5.64. The van der Waals surface area contributed by atoms with E-state index in [2.05, 4.69) is 50.3 Å². The molecule has 2 aromatic carbocycles. The standard InChI is InChI=1S/C20H14N4.C12H8N2O7S/c1-2-14-10-16-5-6-18(23-16)12-20-8-7-19(24-20)11-17-4-3-15(22-17)9-13(1)21-14;15-13(16)9-6-7-12(11(8-9)14(17)18)22(19,20)21-10-4-2-1-3-5-10/h1-12,21-22H;1-8H. The summed E-state index contributed by atoms with van der Waals surface area (Å²) in [7, 11) is -4.50. The van der Waals surface area contributed by atoms with Crippen molar-refractivity contribution in [2.24, 2.45) is 0 Å². The maximum atomic E-state index is 12.1. The molecular formula is C32H22N6O7S. The smallest absolute Gasteiger partial charge is 0.346 e. The Bertz CT molecular complexity index is 2240. The molecule has 0 amide bonds. The molecule has 0 saturated heterocycles. The van der Waals surface area contributed by atoms with E-state index in [9.17, 15) is 28.6 Å². The molecule has 0 fully saturated rings. The Morgan fingerprint density at radius 2 is 1.09 bits per heavy atom. The lowest BCUT2D eigenvalue weighted by atomic mass is 10.3. The number of nitro benzene ring substituents is 2. The first-order valence-electron chi connectivity index (χ1n) is 13.6. The molecule has 3 aromatic heterocycles. The van der Waals surface area contributed by atoms with Gasteiger partial charge in [0.05, 0.1) is 38.7 Å². The van der Waals surface area contributed by atoms with Crippen molar-refractivity contribution in [2.75, 3.05) is 0 Å². The van der Waals surface area contributed by atoms with Gasteiger partial charge in [-0.25, -0.2) is 9.97 Å². The lowest BCUT2D eigenvalue weighted by Gasteiger charge is -2.07. The molecule has 0 spiro atoms. The Kier molecular flexibility index (Phi) is 7.93. The van der Waals surface area contributed by atoms with Gasteiger partial charge in [0.25, 0.3) is 11.4 Å². The number of hydrogen-bond donors (Lipinski definition) is 2. The number of nitrogens with zero attached hydrogens (tertiary/aromatic N) is 4. The van der Waals surface area contributed by atoms with E-state index in [1.165, 1.54) is 24.3 Å². The third-order valence-electron chi connectivity index (χ3n) is 6.61. The Morgan fingerprint density at radius 1 is 0.587 bits per heavy atom. The molecule has 5 heterocycles. The van der Waals surface area contributed by atoms with Gasteiger partial charge in [-0.2, -0.15) is 8.42 Å². The van der Waals surface area contributed by atoms with Crippen molar-refractivity contribution in [1.29, 1.82) is 0 Å². The molecule has 13 nitrogen and oxygen atoms in total. The number of H-pyrrole nitrogens is 2. The highest BCUT2D eigenvalue weighted by Crippen LogP contribution is 2.30. The summed E-state index contributed by atoms with van der Waals surface area (Å²) in [5.74, 6) is -0.0323. The summed E-state index contributed by atoms with van der Waals surface area (Å²) in [6, 6.07) is 26.0. The molecule has 0 unspecified atom stereocenters. The molecule has 14 heteroatoms. The first kappa shape index (κ1) is 29.7. The van der Waals surface area contributed by atoms with E-state index in [1.807, 2.05) is 42.5 Å². The summed E-state index contributed by atoms with van der Waals surface area (Å²) in [4.78, 5) is 35.0. The minimum atomic E-state index is -4.50. The summed E-state index contributed by atoms with van der Waals surface area (Å²) in [6.07, 6.45) is 8.05. The number of hydrogen-bond acceptors (Lipinski definition) is 9. The number of non-ortho nitro benzene ring substituents is 1. The summed E-state index contributed by atoms with van der Waals surface area (Å²) in [5, 5.41) is 21.6. The van der Waals surface area contributed by atoms with E-state index in [0.29, 0.717) is 6.07 Å². The molecule has 2 N–H and O–H groups in total. The average molecular weight is 635 g/mol. The summed E-state index contributed by atoms with van der Waals surface area (Å²) < 4.78 is 29.0. The minimum absolute atomic E-state index is 0.0323. The van der Waals surface area contributed by atoms with Crippen molar-refractivity contribution in [3.8, 4) is 5.75 Å². The van der Waals surface area contributed by atoms with Crippen LogP contribution in [-0.2, 0) is 10.1 Å². The van der Waals surface area contributed by atoms with Crippen LogP contribution in [0.2, 0.25) is 0 Å². The maximum absolute atomic E-state index is 12.1. The number of benzene rings is 2. The topological polar surface area (TPSA) is 187 Å². The van der Waals surface area contributed by atoms with Crippen LogP contribution in [0.1, 0.15) is 22.8 Å². The van der Waals surface area contributed by atoms with Crippen molar-refractivity contribution in [1.82, 2.24) is 19.9 Å². The van der Waals surface area contributed by atoms with E-state index >= 15 is 0 Å². The lowest BCUT2D eigenvalue weighted by molar-refractivity contribution is -0.396. The normalized spacial score (nSPS) is 11.8. The van der Waals surface area contributed by atoms with Crippen LogP contribution in [0.25, 0.3) is 46.4 Å². The predicted molar refractivity (Wildman–Crippen MR) is 173 cm³/mol. The van der Waals surface area contributed by atoms with Crippen LogP contribution in [0.5, 0.6) is 5.75 Å². The third-order valence-corrected chi connectivity index (χ3v) is 7.91. The molecule has 0 radical (unpaired) electrons. The zero-order chi connectivity index (χ0) is 32.3. The number of para-hydroxylation sites is 1. The Balaban J connectivity index is 0.000000163. The molecule has 228 valence electrons. The van der Waals surface area contributed by atoms with E-state index in [1.54, 1.807) is 6.07 Å². The van der Waals surface area contributed by atoms with Gasteiger partial charge in [-0.1, -0.05) is 18.2 Å². The molecule has 8 bridgehead atoms. The largest absolute Gasteiger partial charge is 0.379 e. The average Bonchev–Trinajstić information content (AvgIpc) is 3.84. The SMILES string of the molecule is C1=Cc2cc3ccc(cc4ccc(cc5nc(cc1n2)C=C5)[nH]4)[nH]3.O=[N+]([O-])c1ccc(S(=O)(=O)Oc2ccccc2)c([N+](=O)[O-])c1.